The molecule has 0 unspecified atom stereocenters. The fraction of sp³-hybridized carbons (Fsp3) is 0.0526. The molecule has 5 nitrogen and oxygen atoms in total. The van der Waals surface area contributed by atoms with Crippen LogP contribution in [0.2, 0.25) is 0 Å². The maximum absolute atomic E-state index is 13.7. The quantitative estimate of drug-likeness (QED) is 0.486. The van der Waals surface area contributed by atoms with Crippen molar-refractivity contribution in [1.82, 2.24) is 4.98 Å². The van der Waals surface area contributed by atoms with Gasteiger partial charge in [0.2, 0.25) is 0 Å². The first-order valence-electron chi connectivity index (χ1n) is 7.53. The van der Waals surface area contributed by atoms with Crippen molar-refractivity contribution in [2.45, 2.75) is 0 Å². The van der Waals surface area contributed by atoms with Crippen LogP contribution in [0.15, 0.2) is 48.7 Å². The highest BCUT2D eigenvalue weighted by Crippen LogP contribution is 2.27. The van der Waals surface area contributed by atoms with Crippen molar-refractivity contribution in [3.63, 3.8) is 0 Å². The van der Waals surface area contributed by atoms with E-state index in [1.54, 1.807) is 25.4 Å². The number of hydrogen-bond donors (Lipinski definition) is 3. The Morgan fingerprint density at radius 2 is 1.96 bits per heavy atom. The molecular weight excluding hydrogens is 323 g/mol. The van der Waals surface area contributed by atoms with Gasteiger partial charge in [0.25, 0.3) is 0 Å². The molecule has 0 spiro atoms. The third kappa shape index (κ3) is 3.28. The van der Waals surface area contributed by atoms with Crippen LogP contribution in [-0.2, 0) is 0 Å². The number of allylic oxidation sites excluding steroid dienone is 1. The second kappa shape index (κ2) is 6.60. The first-order valence-corrected chi connectivity index (χ1v) is 7.53. The highest BCUT2D eigenvalue weighted by molar-refractivity contribution is 6.09. The van der Waals surface area contributed by atoms with Crippen molar-refractivity contribution in [3.8, 4) is 0 Å². The number of carboxylic acid groups (broad SMARTS) is 1. The van der Waals surface area contributed by atoms with Crippen LogP contribution in [-0.4, -0.2) is 28.9 Å². The van der Waals surface area contributed by atoms with Gasteiger partial charge >= 0.3 is 5.97 Å². The molecule has 0 aliphatic heterocycles. The zero-order valence-electron chi connectivity index (χ0n) is 13.3. The molecule has 0 saturated heterocycles. The van der Waals surface area contributed by atoms with Gasteiger partial charge in [-0.3, -0.25) is 4.79 Å². The number of aromatic nitrogens is 1. The number of hydrogen-bond acceptors (Lipinski definition) is 3. The molecule has 3 N–H and O–H groups in total. The molecule has 126 valence electrons. The number of ketones is 1. The predicted molar refractivity (Wildman–Crippen MR) is 94.6 cm³/mol. The van der Waals surface area contributed by atoms with Crippen LogP contribution in [0, 0.1) is 5.82 Å². The number of rotatable bonds is 5. The average Bonchev–Trinajstić information content (AvgIpc) is 3.01. The SMILES string of the molecule is CNc1cc(F)cc2c(C=CC(=O)c3cccc(C(=O)O)c3)c[nH]c12. The Labute approximate surface area is 142 Å². The minimum absolute atomic E-state index is 0.0482. The Balaban J connectivity index is 1.93. The van der Waals surface area contributed by atoms with Gasteiger partial charge in [0, 0.05) is 29.8 Å². The third-order valence-corrected chi connectivity index (χ3v) is 3.86. The number of fused-ring (bicyclic) bond motifs is 1. The van der Waals surface area contributed by atoms with E-state index in [1.165, 1.54) is 36.4 Å². The zero-order chi connectivity index (χ0) is 18.0. The minimum atomic E-state index is -1.09. The number of H-pyrrole nitrogens is 1. The molecule has 0 atom stereocenters. The van der Waals surface area contributed by atoms with Crippen LogP contribution in [0.4, 0.5) is 10.1 Å². The summed E-state index contributed by atoms with van der Waals surface area (Å²) < 4.78 is 13.7. The lowest BCUT2D eigenvalue weighted by Gasteiger charge is -2.02. The molecule has 0 bridgehead atoms. The average molecular weight is 338 g/mol. The fourth-order valence-electron chi connectivity index (χ4n) is 2.62. The topological polar surface area (TPSA) is 82.2 Å². The Bertz CT molecular complexity index is 1010. The largest absolute Gasteiger partial charge is 0.478 e. The summed E-state index contributed by atoms with van der Waals surface area (Å²) in [6.45, 7) is 0. The van der Waals surface area contributed by atoms with Crippen molar-refractivity contribution >= 4 is 34.4 Å². The molecule has 1 heterocycles. The van der Waals surface area contributed by atoms with Crippen LogP contribution in [0.5, 0.6) is 0 Å². The number of aromatic amines is 1. The number of carbonyl (C=O) groups excluding carboxylic acids is 1. The molecule has 25 heavy (non-hydrogen) atoms. The first-order chi connectivity index (χ1) is 12.0. The van der Waals surface area contributed by atoms with Gasteiger partial charge in [0.1, 0.15) is 5.82 Å². The minimum Gasteiger partial charge on any atom is -0.478 e. The summed E-state index contributed by atoms with van der Waals surface area (Å²) in [5.41, 5.74) is 2.35. The molecule has 1 aromatic heterocycles. The highest BCUT2D eigenvalue weighted by atomic mass is 19.1. The summed E-state index contributed by atoms with van der Waals surface area (Å²) in [5.74, 6) is -1.81. The molecule has 3 aromatic rings. The van der Waals surface area contributed by atoms with Gasteiger partial charge in [0.15, 0.2) is 5.78 Å². The maximum Gasteiger partial charge on any atom is 0.335 e. The molecule has 0 aliphatic carbocycles. The van der Waals surface area contributed by atoms with Crippen molar-refractivity contribution in [1.29, 1.82) is 0 Å². The first kappa shape index (κ1) is 16.4. The van der Waals surface area contributed by atoms with Gasteiger partial charge < -0.3 is 15.4 Å². The smallest absolute Gasteiger partial charge is 0.335 e. The normalized spacial score (nSPS) is 11.1. The maximum atomic E-state index is 13.7. The van der Waals surface area contributed by atoms with Crippen LogP contribution in [0.25, 0.3) is 17.0 Å². The number of nitrogens with one attached hydrogen (secondary N) is 2. The summed E-state index contributed by atoms with van der Waals surface area (Å²) in [6.07, 6.45) is 4.60. The summed E-state index contributed by atoms with van der Waals surface area (Å²) in [4.78, 5) is 26.3. The Morgan fingerprint density at radius 3 is 2.68 bits per heavy atom. The van der Waals surface area contributed by atoms with Crippen molar-refractivity contribution in [2.75, 3.05) is 12.4 Å². The Morgan fingerprint density at radius 1 is 1.20 bits per heavy atom. The van der Waals surface area contributed by atoms with Crippen LogP contribution < -0.4 is 5.32 Å². The predicted octanol–water partition coefficient (Wildman–Crippen LogP) is 3.94. The second-order valence-corrected chi connectivity index (χ2v) is 5.45. The van der Waals surface area contributed by atoms with Crippen LogP contribution in [0.1, 0.15) is 26.3 Å². The standard InChI is InChI=1S/C19H15FN2O3/c1-21-16-9-14(20)8-15-13(10-22-18(15)16)5-6-17(23)11-3-2-4-12(7-11)19(24)25/h2-10,21-22H,1H3,(H,24,25). The lowest BCUT2D eigenvalue weighted by molar-refractivity contribution is 0.0697. The molecule has 0 aliphatic rings. The summed E-state index contributed by atoms with van der Waals surface area (Å²) in [6, 6.07) is 8.59. The number of benzene rings is 2. The van der Waals surface area contributed by atoms with E-state index in [0.29, 0.717) is 16.6 Å². The van der Waals surface area contributed by atoms with Gasteiger partial charge in [-0.1, -0.05) is 12.1 Å². The van der Waals surface area contributed by atoms with Crippen molar-refractivity contribution < 1.29 is 19.1 Å². The van der Waals surface area contributed by atoms with E-state index < -0.39 is 5.97 Å². The number of halogens is 1. The number of aromatic carboxylic acids is 1. The summed E-state index contributed by atoms with van der Waals surface area (Å²) in [5, 5.41) is 12.5. The Kier molecular flexibility index (Phi) is 4.35. The van der Waals surface area contributed by atoms with E-state index in [-0.39, 0.29) is 22.7 Å². The van der Waals surface area contributed by atoms with E-state index in [1.807, 2.05) is 0 Å². The van der Waals surface area contributed by atoms with E-state index in [0.717, 1.165) is 5.52 Å². The van der Waals surface area contributed by atoms with E-state index >= 15 is 0 Å². The molecule has 2 aromatic carbocycles. The Hall–Kier alpha value is -3.41. The van der Waals surface area contributed by atoms with E-state index in [2.05, 4.69) is 10.3 Å². The van der Waals surface area contributed by atoms with Gasteiger partial charge in [-0.25, -0.2) is 9.18 Å². The molecule has 0 amide bonds. The van der Waals surface area contributed by atoms with Gasteiger partial charge in [0.05, 0.1) is 16.8 Å². The monoisotopic (exact) mass is 338 g/mol. The lowest BCUT2D eigenvalue weighted by atomic mass is 10.1. The van der Waals surface area contributed by atoms with Crippen LogP contribution in [0.3, 0.4) is 0 Å². The highest BCUT2D eigenvalue weighted by Gasteiger charge is 2.10. The molecule has 0 radical (unpaired) electrons. The van der Waals surface area contributed by atoms with Crippen LogP contribution >= 0.6 is 0 Å². The molecule has 3 rings (SSSR count). The van der Waals surface area contributed by atoms with Gasteiger partial charge in [-0.15, -0.1) is 0 Å². The number of anilines is 1. The lowest BCUT2D eigenvalue weighted by Crippen LogP contribution is -2.00. The van der Waals surface area contributed by atoms with E-state index in [9.17, 15) is 14.0 Å². The van der Waals surface area contributed by atoms with Crippen molar-refractivity contribution in [2.24, 2.45) is 0 Å². The van der Waals surface area contributed by atoms with Crippen molar-refractivity contribution in [3.05, 3.63) is 71.2 Å². The third-order valence-electron chi connectivity index (χ3n) is 3.86. The molecule has 0 fully saturated rings. The van der Waals surface area contributed by atoms with Gasteiger partial charge in [-0.05, 0) is 36.4 Å². The molecule has 6 heteroatoms. The number of carbonyl (C=O) groups is 2. The number of carboxylic acids is 1. The molecule has 0 saturated carbocycles. The van der Waals surface area contributed by atoms with Gasteiger partial charge in [-0.2, -0.15) is 0 Å². The molecular formula is C19H15FN2O3. The zero-order valence-corrected chi connectivity index (χ0v) is 13.3. The fourth-order valence-corrected chi connectivity index (χ4v) is 2.62. The second-order valence-electron chi connectivity index (χ2n) is 5.45. The van der Waals surface area contributed by atoms with E-state index in [4.69, 9.17) is 5.11 Å². The summed E-state index contributed by atoms with van der Waals surface area (Å²) >= 11 is 0. The summed E-state index contributed by atoms with van der Waals surface area (Å²) in [7, 11) is 1.70.